The summed E-state index contributed by atoms with van der Waals surface area (Å²) < 4.78 is 5.23. The van der Waals surface area contributed by atoms with E-state index in [0.717, 1.165) is 22.6 Å². The Bertz CT molecular complexity index is 1010. The molecule has 0 N–H and O–H groups in total. The SMILES string of the molecule is COc1ccc(C2=N/C(=C/c3ccccc3)C(=O)N2c2ccccc2)cc1. The number of para-hydroxylation sites is 1. The summed E-state index contributed by atoms with van der Waals surface area (Å²) in [4.78, 5) is 19.4. The van der Waals surface area contributed by atoms with Gasteiger partial charge in [-0.05, 0) is 48.0 Å². The number of nitrogens with zero attached hydrogens (tertiary/aromatic N) is 2. The van der Waals surface area contributed by atoms with Crippen LogP contribution in [0.1, 0.15) is 11.1 Å². The number of carbonyl (C=O) groups excluding carboxylic acids is 1. The summed E-state index contributed by atoms with van der Waals surface area (Å²) in [5.74, 6) is 1.22. The quantitative estimate of drug-likeness (QED) is 0.646. The van der Waals surface area contributed by atoms with E-state index in [1.165, 1.54) is 0 Å². The molecule has 0 atom stereocenters. The minimum absolute atomic E-state index is 0.143. The molecule has 0 unspecified atom stereocenters. The third-order valence-corrected chi connectivity index (χ3v) is 4.33. The highest BCUT2D eigenvalue weighted by molar-refractivity contribution is 6.33. The van der Waals surface area contributed by atoms with E-state index in [4.69, 9.17) is 4.74 Å². The molecule has 0 fully saturated rings. The lowest BCUT2D eigenvalue weighted by Gasteiger charge is -2.18. The topological polar surface area (TPSA) is 41.9 Å². The third-order valence-electron chi connectivity index (χ3n) is 4.33. The van der Waals surface area contributed by atoms with Crippen molar-refractivity contribution in [2.45, 2.75) is 0 Å². The first kappa shape index (κ1) is 16.8. The van der Waals surface area contributed by atoms with Gasteiger partial charge in [-0.2, -0.15) is 0 Å². The Morgan fingerprint density at radius 3 is 2.11 bits per heavy atom. The summed E-state index contributed by atoms with van der Waals surface area (Å²) >= 11 is 0. The number of amides is 1. The van der Waals surface area contributed by atoms with Gasteiger partial charge in [0, 0.05) is 5.56 Å². The molecule has 1 amide bonds. The van der Waals surface area contributed by atoms with E-state index >= 15 is 0 Å². The first-order chi connectivity index (χ1) is 13.3. The Balaban J connectivity index is 1.80. The molecule has 4 heteroatoms. The molecule has 0 aliphatic carbocycles. The summed E-state index contributed by atoms with van der Waals surface area (Å²) in [6, 6.07) is 26.8. The second-order valence-corrected chi connectivity index (χ2v) is 6.08. The van der Waals surface area contributed by atoms with E-state index in [1.807, 2.05) is 91.0 Å². The van der Waals surface area contributed by atoms with Crippen LogP contribution in [0, 0.1) is 0 Å². The Labute approximate surface area is 158 Å². The zero-order valence-electron chi connectivity index (χ0n) is 14.9. The van der Waals surface area contributed by atoms with Crippen molar-refractivity contribution in [1.82, 2.24) is 0 Å². The van der Waals surface area contributed by atoms with Crippen LogP contribution in [0.5, 0.6) is 5.75 Å². The monoisotopic (exact) mass is 354 g/mol. The molecule has 4 rings (SSSR count). The Kier molecular flexibility index (Phi) is 4.54. The van der Waals surface area contributed by atoms with Gasteiger partial charge in [-0.15, -0.1) is 0 Å². The van der Waals surface area contributed by atoms with E-state index in [0.29, 0.717) is 11.5 Å². The fourth-order valence-corrected chi connectivity index (χ4v) is 2.97. The van der Waals surface area contributed by atoms with Crippen molar-refractivity contribution in [3.05, 3.63) is 102 Å². The molecule has 1 aliphatic heterocycles. The predicted octanol–water partition coefficient (Wildman–Crippen LogP) is 4.53. The third kappa shape index (κ3) is 3.37. The molecule has 1 aliphatic rings. The molecule has 0 bridgehead atoms. The fraction of sp³-hybridized carbons (Fsp3) is 0.0435. The van der Waals surface area contributed by atoms with Crippen molar-refractivity contribution < 1.29 is 9.53 Å². The molecule has 3 aromatic rings. The molecule has 27 heavy (non-hydrogen) atoms. The summed E-state index contributed by atoms with van der Waals surface area (Å²) in [5.41, 5.74) is 2.99. The van der Waals surface area contributed by atoms with E-state index in [2.05, 4.69) is 4.99 Å². The molecule has 132 valence electrons. The number of aliphatic imine (C=N–C) groups is 1. The zero-order valence-corrected chi connectivity index (χ0v) is 14.9. The number of anilines is 1. The Morgan fingerprint density at radius 2 is 1.48 bits per heavy atom. The van der Waals surface area contributed by atoms with E-state index in [1.54, 1.807) is 12.0 Å². The molecule has 0 saturated heterocycles. The lowest BCUT2D eigenvalue weighted by Crippen LogP contribution is -2.32. The highest BCUT2D eigenvalue weighted by Crippen LogP contribution is 2.28. The Morgan fingerprint density at radius 1 is 0.852 bits per heavy atom. The van der Waals surface area contributed by atoms with Gasteiger partial charge in [-0.25, -0.2) is 4.99 Å². The van der Waals surface area contributed by atoms with Gasteiger partial charge < -0.3 is 4.74 Å². The minimum atomic E-state index is -0.143. The van der Waals surface area contributed by atoms with Crippen molar-refractivity contribution in [3.63, 3.8) is 0 Å². The Hall–Kier alpha value is -3.66. The second-order valence-electron chi connectivity index (χ2n) is 6.08. The summed E-state index contributed by atoms with van der Waals surface area (Å²) in [6.45, 7) is 0. The van der Waals surface area contributed by atoms with Crippen LogP contribution in [-0.4, -0.2) is 18.9 Å². The van der Waals surface area contributed by atoms with Crippen LogP contribution in [0.3, 0.4) is 0 Å². The average molecular weight is 354 g/mol. The van der Waals surface area contributed by atoms with Gasteiger partial charge >= 0.3 is 0 Å². The lowest BCUT2D eigenvalue weighted by atomic mass is 10.1. The first-order valence-electron chi connectivity index (χ1n) is 8.65. The van der Waals surface area contributed by atoms with Crippen LogP contribution >= 0.6 is 0 Å². The molecule has 3 aromatic carbocycles. The number of carbonyl (C=O) groups is 1. The van der Waals surface area contributed by atoms with Crippen molar-refractivity contribution >= 4 is 23.5 Å². The highest BCUT2D eigenvalue weighted by Gasteiger charge is 2.32. The van der Waals surface area contributed by atoms with Crippen LogP contribution < -0.4 is 9.64 Å². The largest absolute Gasteiger partial charge is 0.497 e. The van der Waals surface area contributed by atoms with Crippen molar-refractivity contribution in [2.75, 3.05) is 12.0 Å². The number of benzene rings is 3. The predicted molar refractivity (Wildman–Crippen MR) is 108 cm³/mol. The van der Waals surface area contributed by atoms with E-state index in [-0.39, 0.29) is 5.91 Å². The maximum Gasteiger partial charge on any atom is 0.282 e. The lowest BCUT2D eigenvalue weighted by molar-refractivity contribution is -0.113. The summed E-state index contributed by atoms with van der Waals surface area (Å²) in [6.07, 6.45) is 1.81. The maximum atomic E-state index is 13.1. The number of hydrogen-bond donors (Lipinski definition) is 0. The van der Waals surface area contributed by atoms with Gasteiger partial charge in [-0.1, -0.05) is 48.5 Å². The first-order valence-corrected chi connectivity index (χ1v) is 8.65. The molecule has 1 heterocycles. The summed E-state index contributed by atoms with van der Waals surface area (Å²) in [5, 5.41) is 0. The molecule has 0 aromatic heterocycles. The standard InChI is InChI=1S/C23H18N2O2/c1-27-20-14-12-18(13-15-20)22-24-21(16-17-8-4-2-5-9-17)23(26)25(22)19-10-6-3-7-11-19/h2-16H,1H3/b21-16+. The van der Waals surface area contributed by atoms with Crippen LogP contribution in [0.25, 0.3) is 6.08 Å². The summed E-state index contributed by atoms with van der Waals surface area (Å²) in [7, 11) is 1.63. The normalized spacial score (nSPS) is 15.1. The van der Waals surface area contributed by atoms with E-state index < -0.39 is 0 Å². The van der Waals surface area contributed by atoms with E-state index in [9.17, 15) is 4.79 Å². The van der Waals surface area contributed by atoms with Crippen LogP contribution in [0.4, 0.5) is 5.69 Å². The number of methoxy groups -OCH3 is 1. The van der Waals surface area contributed by atoms with Crippen LogP contribution in [0.2, 0.25) is 0 Å². The van der Waals surface area contributed by atoms with Gasteiger partial charge in [0.05, 0.1) is 12.8 Å². The average Bonchev–Trinajstić information content (AvgIpc) is 3.05. The van der Waals surface area contributed by atoms with Crippen molar-refractivity contribution in [2.24, 2.45) is 4.99 Å². The highest BCUT2D eigenvalue weighted by atomic mass is 16.5. The number of rotatable bonds is 4. The van der Waals surface area contributed by atoms with Crippen molar-refractivity contribution in [3.8, 4) is 5.75 Å². The second kappa shape index (κ2) is 7.30. The van der Waals surface area contributed by atoms with Gasteiger partial charge in [0.15, 0.2) is 0 Å². The molecule has 4 nitrogen and oxygen atoms in total. The molecular weight excluding hydrogens is 336 g/mol. The minimum Gasteiger partial charge on any atom is -0.497 e. The molecular formula is C23H18N2O2. The van der Waals surface area contributed by atoms with Gasteiger partial charge in [0.2, 0.25) is 0 Å². The number of ether oxygens (including phenoxy) is 1. The fourth-order valence-electron chi connectivity index (χ4n) is 2.97. The molecule has 0 radical (unpaired) electrons. The molecule has 0 spiro atoms. The zero-order chi connectivity index (χ0) is 18.6. The maximum absolute atomic E-state index is 13.1. The molecule has 0 saturated carbocycles. The van der Waals surface area contributed by atoms with Gasteiger partial charge in [0.25, 0.3) is 5.91 Å². The number of amidine groups is 1. The van der Waals surface area contributed by atoms with Crippen molar-refractivity contribution in [1.29, 1.82) is 0 Å². The number of hydrogen-bond acceptors (Lipinski definition) is 3. The van der Waals surface area contributed by atoms with Gasteiger partial charge in [-0.3, -0.25) is 9.69 Å². The van der Waals surface area contributed by atoms with Gasteiger partial charge in [0.1, 0.15) is 17.3 Å². The van der Waals surface area contributed by atoms with Crippen LogP contribution in [-0.2, 0) is 4.79 Å². The smallest absolute Gasteiger partial charge is 0.282 e. The van der Waals surface area contributed by atoms with Crippen LogP contribution in [0.15, 0.2) is 95.6 Å².